The minimum atomic E-state index is 0.566. The molecule has 0 unspecified atom stereocenters. The van der Waals surface area contributed by atoms with Gasteiger partial charge in [-0.1, -0.05) is 13.8 Å². The van der Waals surface area contributed by atoms with Gasteiger partial charge in [-0.2, -0.15) is 0 Å². The van der Waals surface area contributed by atoms with Crippen molar-refractivity contribution in [1.82, 2.24) is 15.1 Å². The molecule has 0 bridgehead atoms. The van der Waals surface area contributed by atoms with E-state index in [4.69, 9.17) is 9.15 Å². The Morgan fingerprint density at radius 2 is 1.82 bits per heavy atom. The van der Waals surface area contributed by atoms with Crippen LogP contribution in [0.4, 0.5) is 0 Å². The van der Waals surface area contributed by atoms with Gasteiger partial charge in [0.05, 0.1) is 13.7 Å². The SMILES string of the molecule is COc1ccc(-c2nnc(CN3C[C@@H](C)C[C@H](C)C3)o2)cc1. The fraction of sp³-hybridized carbons (Fsp3) is 0.529. The van der Waals surface area contributed by atoms with Gasteiger partial charge in [-0.15, -0.1) is 10.2 Å². The lowest BCUT2D eigenvalue weighted by atomic mass is 9.92. The molecular formula is C17H23N3O2. The van der Waals surface area contributed by atoms with Gasteiger partial charge in [0.1, 0.15) is 5.75 Å². The number of methoxy groups -OCH3 is 1. The Balaban J connectivity index is 1.68. The zero-order chi connectivity index (χ0) is 15.5. The minimum absolute atomic E-state index is 0.566. The third-order valence-electron chi connectivity index (χ3n) is 4.11. The first-order valence-corrected chi connectivity index (χ1v) is 7.83. The van der Waals surface area contributed by atoms with Gasteiger partial charge >= 0.3 is 0 Å². The first kappa shape index (κ1) is 15.0. The monoisotopic (exact) mass is 301 g/mol. The number of nitrogens with zero attached hydrogens (tertiary/aromatic N) is 3. The highest BCUT2D eigenvalue weighted by Crippen LogP contribution is 2.24. The average molecular weight is 301 g/mol. The van der Waals surface area contributed by atoms with E-state index in [1.54, 1.807) is 7.11 Å². The van der Waals surface area contributed by atoms with Gasteiger partial charge in [0, 0.05) is 18.7 Å². The first-order chi connectivity index (χ1) is 10.6. The number of hydrogen-bond donors (Lipinski definition) is 0. The van der Waals surface area contributed by atoms with E-state index in [1.165, 1.54) is 6.42 Å². The largest absolute Gasteiger partial charge is 0.497 e. The molecule has 1 fully saturated rings. The van der Waals surface area contributed by atoms with E-state index in [2.05, 4.69) is 28.9 Å². The first-order valence-electron chi connectivity index (χ1n) is 7.83. The van der Waals surface area contributed by atoms with Gasteiger partial charge in [-0.25, -0.2) is 0 Å². The Hall–Kier alpha value is -1.88. The maximum Gasteiger partial charge on any atom is 0.247 e. The predicted octanol–water partition coefficient (Wildman–Crippen LogP) is 3.22. The maximum atomic E-state index is 5.81. The fourth-order valence-electron chi connectivity index (χ4n) is 3.28. The molecule has 0 aliphatic carbocycles. The molecule has 1 saturated heterocycles. The molecule has 2 atom stereocenters. The quantitative estimate of drug-likeness (QED) is 0.868. The highest BCUT2D eigenvalue weighted by atomic mass is 16.5. The number of rotatable bonds is 4. The van der Waals surface area contributed by atoms with Crippen molar-refractivity contribution in [2.45, 2.75) is 26.8 Å². The Bertz CT molecular complexity index is 599. The van der Waals surface area contributed by atoms with Crippen molar-refractivity contribution in [2.24, 2.45) is 11.8 Å². The zero-order valence-corrected chi connectivity index (χ0v) is 13.5. The minimum Gasteiger partial charge on any atom is -0.497 e. The maximum absolute atomic E-state index is 5.81. The number of benzene rings is 1. The predicted molar refractivity (Wildman–Crippen MR) is 84.5 cm³/mol. The Kier molecular flexibility index (Phi) is 4.43. The molecule has 118 valence electrons. The molecule has 3 rings (SSSR count). The van der Waals surface area contributed by atoms with Gasteiger partial charge < -0.3 is 9.15 Å². The molecule has 1 aromatic heterocycles. The van der Waals surface area contributed by atoms with E-state index in [9.17, 15) is 0 Å². The van der Waals surface area contributed by atoms with Crippen molar-refractivity contribution in [1.29, 1.82) is 0 Å². The van der Waals surface area contributed by atoms with Gasteiger partial charge in [0.25, 0.3) is 0 Å². The highest BCUT2D eigenvalue weighted by molar-refractivity contribution is 5.53. The summed E-state index contributed by atoms with van der Waals surface area (Å²) in [6.07, 6.45) is 1.30. The van der Waals surface area contributed by atoms with Crippen molar-refractivity contribution >= 4 is 0 Å². The van der Waals surface area contributed by atoms with E-state index in [0.29, 0.717) is 11.8 Å². The molecule has 5 nitrogen and oxygen atoms in total. The van der Waals surface area contributed by atoms with Gasteiger partial charge in [0.2, 0.25) is 11.8 Å². The highest BCUT2D eigenvalue weighted by Gasteiger charge is 2.23. The van der Waals surface area contributed by atoms with Crippen LogP contribution in [0.25, 0.3) is 11.5 Å². The van der Waals surface area contributed by atoms with Crippen LogP contribution < -0.4 is 4.74 Å². The third kappa shape index (κ3) is 3.47. The van der Waals surface area contributed by atoms with E-state index >= 15 is 0 Å². The molecule has 0 N–H and O–H groups in total. The molecule has 2 heterocycles. The van der Waals surface area contributed by atoms with Gasteiger partial charge in [-0.05, 0) is 42.5 Å². The fourth-order valence-corrected chi connectivity index (χ4v) is 3.28. The molecule has 1 aromatic carbocycles. The van der Waals surface area contributed by atoms with Crippen LogP contribution in [0.2, 0.25) is 0 Å². The smallest absolute Gasteiger partial charge is 0.247 e. The van der Waals surface area contributed by atoms with Gasteiger partial charge in [-0.3, -0.25) is 4.90 Å². The van der Waals surface area contributed by atoms with Crippen LogP contribution >= 0.6 is 0 Å². The zero-order valence-electron chi connectivity index (χ0n) is 13.5. The molecule has 5 heteroatoms. The van der Waals surface area contributed by atoms with Crippen LogP contribution in [0.5, 0.6) is 5.75 Å². The molecule has 0 spiro atoms. The van der Waals surface area contributed by atoms with Crippen LogP contribution in [-0.4, -0.2) is 35.3 Å². The molecule has 2 aromatic rings. The van der Waals surface area contributed by atoms with Crippen LogP contribution in [0.3, 0.4) is 0 Å². The summed E-state index contributed by atoms with van der Waals surface area (Å²) in [5.74, 6) is 3.53. The van der Waals surface area contributed by atoms with E-state index < -0.39 is 0 Å². The summed E-state index contributed by atoms with van der Waals surface area (Å²) < 4.78 is 11.0. The average Bonchev–Trinajstić information content (AvgIpc) is 2.95. The van der Waals surface area contributed by atoms with E-state index in [-0.39, 0.29) is 0 Å². The molecule has 1 aliphatic heterocycles. The summed E-state index contributed by atoms with van der Waals surface area (Å²) in [7, 11) is 1.65. The number of aromatic nitrogens is 2. The summed E-state index contributed by atoms with van der Waals surface area (Å²) in [5.41, 5.74) is 0.917. The topological polar surface area (TPSA) is 51.4 Å². The molecule has 22 heavy (non-hydrogen) atoms. The summed E-state index contributed by atoms with van der Waals surface area (Å²) in [6.45, 7) is 7.55. The summed E-state index contributed by atoms with van der Waals surface area (Å²) in [6, 6.07) is 7.66. The van der Waals surface area contributed by atoms with Crippen molar-refractivity contribution in [3.8, 4) is 17.2 Å². The summed E-state index contributed by atoms with van der Waals surface area (Å²) in [5, 5.41) is 8.35. The second kappa shape index (κ2) is 6.48. The van der Waals surface area contributed by atoms with Crippen molar-refractivity contribution < 1.29 is 9.15 Å². The lowest BCUT2D eigenvalue weighted by Gasteiger charge is -2.33. The molecular weight excluding hydrogens is 278 g/mol. The number of hydrogen-bond acceptors (Lipinski definition) is 5. The van der Waals surface area contributed by atoms with Crippen LogP contribution in [-0.2, 0) is 6.54 Å². The van der Waals surface area contributed by atoms with Crippen LogP contribution in [0.1, 0.15) is 26.2 Å². The van der Waals surface area contributed by atoms with Crippen molar-refractivity contribution in [2.75, 3.05) is 20.2 Å². The molecule has 0 radical (unpaired) electrons. The normalized spacial score (nSPS) is 22.7. The van der Waals surface area contributed by atoms with Crippen molar-refractivity contribution in [3.63, 3.8) is 0 Å². The lowest BCUT2D eigenvalue weighted by molar-refractivity contribution is 0.124. The van der Waals surface area contributed by atoms with Crippen LogP contribution in [0.15, 0.2) is 28.7 Å². The Morgan fingerprint density at radius 1 is 1.14 bits per heavy atom. The van der Waals surface area contributed by atoms with E-state index in [1.807, 2.05) is 24.3 Å². The second-order valence-electron chi connectivity index (χ2n) is 6.37. The Labute approximate surface area is 131 Å². The lowest BCUT2D eigenvalue weighted by Crippen LogP contribution is -2.38. The van der Waals surface area contributed by atoms with Crippen LogP contribution in [0, 0.1) is 11.8 Å². The summed E-state index contributed by atoms with van der Waals surface area (Å²) >= 11 is 0. The van der Waals surface area contributed by atoms with E-state index in [0.717, 1.165) is 42.8 Å². The number of ether oxygens (including phenoxy) is 1. The third-order valence-corrected chi connectivity index (χ3v) is 4.11. The molecule has 0 amide bonds. The molecule has 1 aliphatic rings. The Morgan fingerprint density at radius 3 is 2.45 bits per heavy atom. The summed E-state index contributed by atoms with van der Waals surface area (Å²) in [4.78, 5) is 2.41. The second-order valence-corrected chi connectivity index (χ2v) is 6.37. The van der Waals surface area contributed by atoms with Crippen molar-refractivity contribution in [3.05, 3.63) is 30.2 Å². The number of piperidine rings is 1. The van der Waals surface area contributed by atoms with Gasteiger partial charge in [0.15, 0.2) is 0 Å². The number of likely N-dealkylation sites (tertiary alicyclic amines) is 1. The molecule has 0 saturated carbocycles. The standard InChI is InChI=1S/C17H23N3O2/c1-12-8-13(2)10-20(9-12)11-16-18-19-17(22-16)14-4-6-15(21-3)7-5-14/h4-7,12-13H,8-11H2,1-3H3/t12-,13-/m0/s1.